The van der Waals surface area contributed by atoms with Crippen molar-refractivity contribution in [3.8, 4) is 11.5 Å². The third-order valence-electron chi connectivity index (χ3n) is 2.58. The monoisotopic (exact) mass is 269 g/mol. The van der Waals surface area contributed by atoms with Crippen LogP contribution in [0.4, 0.5) is 0 Å². The number of methoxy groups -OCH3 is 2. The lowest BCUT2D eigenvalue weighted by molar-refractivity contribution is 0.396. The molecule has 1 aromatic rings. The van der Waals surface area contributed by atoms with E-state index in [1.54, 1.807) is 14.2 Å². The van der Waals surface area contributed by atoms with E-state index in [1.165, 1.54) is 0 Å². The van der Waals surface area contributed by atoms with Crippen LogP contribution < -0.4 is 15.2 Å². The number of hydrogen-bond acceptors (Lipinski definition) is 4. The topological polar surface area (TPSA) is 44.5 Å². The minimum atomic E-state index is -0.0289. The first-order chi connectivity index (χ1) is 8.58. The number of ether oxygens (including phenoxy) is 2. The van der Waals surface area contributed by atoms with Gasteiger partial charge in [-0.05, 0) is 29.9 Å². The highest BCUT2D eigenvalue weighted by molar-refractivity contribution is 7.99. The Hall–Kier alpha value is -0.870. The molecule has 1 aromatic carbocycles. The molecule has 0 saturated heterocycles. The van der Waals surface area contributed by atoms with Crippen LogP contribution >= 0.6 is 11.8 Å². The summed E-state index contributed by atoms with van der Waals surface area (Å²) in [4.78, 5) is 0. The van der Waals surface area contributed by atoms with Gasteiger partial charge in [0.1, 0.15) is 11.5 Å². The van der Waals surface area contributed by atoms with E-state index >= 15 is 0 Å². The SMILES string of the molecule is COc1ccc(OC)c(C(N)CSCC(C)C)c1. The first-order valence-electron chi connectivity index (χ1n) is 6.13. The van der Waals surface area contributed by atoms with Gasteiger partial charge in [0.25, 0.3) is 0 Å². The molecule has 0 amide bonds. The van der Waals surface area contributed by atoms with E-state index in [0.29, 0.717) is 5.92 Å². The molecule has 0 aromatic heterocycles. The van der Waals surface area contributed by atoms with Crippen molar-refractivity contribution in [1.82, 2.24) is 0 Å². The summed E-state index contributed by atoms with van der Waals surface area (Å²) in [6.07, 6.45) is 0. The molecular weight excluding hydrogens is 246 g/mol. The second kappa shape index (κ2) is 7.54. The molecule has 102 valence electrons. The van der Waals surface area contributed by atoms with Gasteiger partial charge in [-0.1, -0.05) is 13.8 Å². The van der Waals surface area contributed by atoms with Crippen LogP contribution in [0.2, 0.25) is 0 Å². The molecule has 0 bridgehead atoms. The third-order valence-corrected chi connectivity index (χ3v) is 4.08. The summed E-state index contributed by atoms with van der Waals surface area (Å²) in [6.45, 7) is 4.43. The Balaban J connectivity index is 2.72. The highest BCUT2D eigenvalue weighted by Gasteiger charge is 2.13. The van der Waals surface area contributed by atoms with E-state index in [0.717, 1.165) is 28.6 Å². The maximum absolute atomic E-state index is 6.22. The molecule has 0 aliphatic heterocycles. The smallest absolute Gasteiger partial charge is 0.123 e. The second-order valence-electron chi connectivity index (χ2n) is 4.65. The molecule has 1 rings (SSSR count). The Bertz CT molecular complexity index is 369. The van der Waals surface area contributed by atoms with Crippen LogP contribution in [-0.4, -0.2) is 25.7 Å². The van der Waals surface area contributed by atoms with Gasteiger partial charge in [0.05, 0.1) is 14.2 Å². The Morgan fingerprint density at radius 1 is 1.17 bits per heavy atom. The Kier molecular flexibility index (Phi) is 6.36. The third kappa shape index (κ3) is 4.42. The summed E-state index contributed by atoms with van der Waals surface area (Å²) in [6, 6.07) is 5.72. The van der Waals surface area contributed by atoms with Crippen LogP contribution in [0, 0.1) is 5.92 Å². The highest BCUT2D eigenvalue weighted by Crippen LogP contribution is 2.30. The standard InChI is InChI=1S/C14H23NO2S/c1-10(2)8-18-9-13(15)12-7-11(16-3)5-6-14(12)17-4/h5-7,10,13H,8-9,15H2,1-4H3. The Morgan fingerprint density at radius 3 is 2.44 bits per heavy atom. The fourth-order valence-electron chi connectivity index (χ4n) is 1.65. The largest absolute Gasteiger partial charge is 0.497 e. The lowest BCUT2D eigenvalue weighted by Crippen LogP contribution is -2.15. The summed E-state index contributed by atoms with van der Waals surface area (Å²) < 4.78 is 10.6. The lowest BCUT2D eigenvalue weighted by Gasteiger charge is -2.17. The van der Waals surface area contributed by atoms with Crippen molar-refractivity contribution >= 4 is 11.8 Å². The van der Waals surface area contributed by atoms with Crippen LogP contribution in [0.15, 0.2) is 18.2 Å². The lowest BCUT2D eigenvalue weighted by atomic mass is 10.1. The predicted octanol–water partition coefficient (Wildman–Crippen LogP) is 3.09. The summed E-state index contributed by atoms with van der Waals surface area (Å²) in [5.74, 6) is 4.35. The van der Waals surface area contributed by atoms with Crippen LogP contribution in [-0.2, 0) is 0 Å². The zero-order valence-electron chi connectivity index (χ0n) is 11.6. The van der Waals surface area contributed by atoms with Crippen molar-refractivity contribution in [3.05, 3.63) is 23.8 Å². The van der Waals surface area contributed by atoms with E-state index in [4.69, 9.17) is 15.2 Å². The van der Waals surface area contributed by atoms with E-state index in [9.17, 15) is 0 Å². The van der Waals surface area contributed by atoms with Crippen LogP contribution in [0.5, 0.6) is 11.5 Å². The number of hydrogen-bond donors (Lipinski definition) is 1. The molecular formula is C14H23NO2S. The number of nitrogens with two attached hydrogens (primary N) is 1. The van der Waals surface area contributed by atoms with Gasteiger partial charge in [-0.25, -0.2) is 0 Å². The molecule has 3 nitrogen and oxygen atoms in total. The molecule has 0 aliphatic rings. The average Bonchev–Trinajstić information content (AvgIpc) is 2.37. The van der Waals surface area contributed by atoms with Crippen molar-refractivity contribution in [2.75, 3.05) is 25.7 Å². The van der Waals surface area contributed by atoms with Crippen molar-refractivity contribution in [3.63, 3.8) is 0 Å². The molecule has 0 spiro atoms. The van der Waals surface area contributed by atoms with Gasteiger partial charge in [-0.15, -0.1) is 0 Å². The van der Waals surface area contributed by atoms with Crippen LogP contribution in [0.3, 0.4) is 0 Å². The number of thioether (sulfide) groups is 1. The Labute approximate surface area is 114 Å². The van der Waals surface area contributed by atoms with Crippen LogP contribution in [0.1, 0.15) is 25.5 Å². The summed E-state index contributed by atoms with van der Waals surface area (Å²) in [7, 11) is 3.32. The molecule has 1 unspecified atom stereocenters. The fraction of sp³-hybridized carbons (Fsp3) is 0.571. The van der Waals surface area contributed by atoms with Crippen LogP contribution in [0.25, 0.3) is 0 Å². The fourth-order valence-corrected chi connectivity index (χ4v) is 2.69. The first kappa shape index (κ1) is 15.2. The highest BCUT2D eigenvalue weighted by atomic mass is 32.2. The zero-order valence-corrected chi connectivity index (χ0v) is 12.4. The maximum Gasteiger partial charge on any atom is 0.123 e. The van der Waals surface area contributed by atoms with E-state index in [2.05, 4.69) is 13.8 Å². The molecule has 0 fully saturated rings. The molecule has 0 saturated carbocycles. The normalized spacial score (nSPS) is 12.6. The van der Waals surface area contributed by atoms with Crippen molar-refractivity contribution in [2.24, 2.45) is 11.7 Å². The van der Waals surface area contributed by atoms with E-state index in [1.807, 2.05) is 30.0 Å². The molecule has 0 aliphatic carbocycles. The molecule has 4 heteroatoms. The molecule has 18 heavy (non-hydrogen) atoms. The summed E-state index contributed by atoms with van der Waals surface area (Å²) in [5.41, 5.74) is 7.23. The molecule has 2 N–H and O–H groups in total. The minimum absolute atomic E-state index is 0.0289. The van der Waals surface area contributed by atoms with Gasteiger partial charge >= 0.3 is 0 Å². The van der Waals surface area contributed by atoms with Gasteiger partial charge in [0.2, 0.25) is 0 Å². The molecule has 0 heterocycles. The van der Waals surface area contributed by atoms with E-state index in [-0.39, 0.29) is 6.04 Å². The van der Waals surface area contributed by atoms with Gasteiger partial charge < -0.3 is 15.2 Å². The van der Waals surface area contributed by atoms with E-state index < -0.39 is 0 Å². The quantitative estimate of drug-likeness (QED) is 0.826. The van der Waals surface area contributed by atoms with Gasteiger partial charge in [0.15, 0.2) is 0 Å². The maximum atomic E-state index is 6.22. The molecule has 0 radical (unpaired) electrons. The zero-order chi connectivity index (χ0) is 13.5. The van der Waals surface area contributed by atoms with Crippen molar-refractivity contribution in [2.45, 2.75) is 19.9 Å². The van der Waals surface area contributed by atoms with Gasteiger partial charge in [-0.3, -0.25) is 0 Å². The molecule has 1 atom stereocenters. The average molecular weight is 269 g/mol. The van der Waals surface area contributed by atoms with Crippen molar-refractivity contribution in [1.29, 1.82) is 0 Å². The minimum Gasteiger partial charge on any atom is -0.497 e. The summed E-state index contributed by atoms with van der Waals surface area (Å²) in [5, 5.41) is 0. The van der Waals surface area contributed by atoms with Crippen molar-refractivity contribution < 1.29 is 9.47 Å². The van der Waals surface area contributed by atoms with Gasteiger partial charge in [0, 0.05) is 17.4 Å². The summed E-state index contributed by atoms with van der Waals surface area (Å²) >= 11 is 1.88. The predicted molar refractivity (Wildman–Crippen MR) is 78.6 cm³/mol. The Morgan fingerprint density at radius 2 is 1.89 bits per heavy atom. The first-order valence-corrected chi connectivity index (χ1v) is 7.29. The second-order valence-corrected chi connectivity index (χ2v) is 5.72. The number of rotatable bonds is 7. The van der Waals surface area contributed by atoms with Gasteiger partial charge in [-0.2, -0.15) is 11.8 Å². The number of benzene rings is 1.